The van der Waals surface area contributed by atoms with Crippen LogP contribution in [0.2, 0.25) is 0 Å². The Hall–Kier alpha value is -5.98. The van der Waals surface area contributed by atoms with E-state index in [0.29, 0.717) is 17.5 Å². The lowest BCUT2D eigenvalue weighted by Crippen LogP contribution is -2.00. The highest BCUT2D eigenvalue weighted by Gasteiger charge is 2.23. The fraction of sp³-hybridized carbons (Fsp3) is 0. The molecule has 0 spiro atoms. The van der Waals surface area contributed by atoms with E-state index in [1.165, 1.54) is 0 Å². The van der Waals surface area contributed by atoms with Gasteiger partial charge in [0.05, 0.1) is 21.3 Å². The molecule has 0 bridgehead atoms. The topological polar surface area (TPSA) is 64.7 Å². The number of furan rings is 1. The van der Waals surface area contributed by atoms with Crippen molar-refractivity contribution in [3.63, 3.8) is 0 Å². The highest BCUT2D eigenvalue weighted by Crippen LogP contribution is 2.45. The van der Waals surface area contributed by atoms with E-state index in [0.717, 1.165) is 70.5 Å². The summed E-state index contributed by atoms with van der Waals surface area (Å²) in [4.78, 5) is 20.0. The van der Waals surface area contributed by atoms with Crippen LogP contribution in [0.25, 0.3) is 88.0 Å². The van der Waals surface area contributed by atoms with Gasteiger partial charge in [-0.3, -0.25) is 0 Å². The molecule has 3 aromatic heterocycles. The zero-order valence-electron chi connectivity index (χ0n) is 24.5. The molecule has 0 aliphatic rings. The highest BCUT2D eigenvalue weighted by molar-refractivity contribution is 7.21. The molecule has 46 heavy (non-hydrogen) atoms. The van der Waals surface area contributed by atoms with Crippen molar-refractivity contribution in [3.05, 3.63) is 146 Å². The number of fused-ring (bicyclic) bond motifs is 4. The van der Waals surface area contributed by atoms with Crippen molar-refractivity contribution in [1.82, 2.24) is 19.9 Å². The highest BCUT2D eigenvalue weighted by atomic mass is 32.1. The second-order valence-electron chi connectivity index (χ2n) is 11.0. The molecular formula is C40H24N4OS. The minimum absolute atomic E-state index is 0.558. The third kappa shape index (κ3) is 4.47. The maximum atomic E-state index is 6.94. The quantitative estimate of drug-likeness (QED) is 0.194. The molecule has 9 aromatic rings. The SMILES string of the molecule is c1ccc(-c2nc(-c3ccccc3)nc(-c3cccc4c3oc3c(-c5nc6ccccc6s5)c(-c5ccccc5)ccc34)n2)cc1. The Morgan fingerprint density at radius 3 is 1.67 bits per heavy atom. The second kappa shape index (κ2) is 10.9. The predicted octanol–water partition coefficient (Wildman–Crippen LogP) is 10.7. The summed E-state index contributed by atoms with van der Waals surface area (Å²) in [7, 11) is 0. The van der Waals surface area contributed by atoms with Crippen molar-refractivity contribution >= 4 is 43.5 Å². The van der Waals surface area contributed by atoms with E-state index in [9.17, 15) is 0 Å². The summed E-state index contributed by atoms with van der Waals surface area (Å²) < 4.78 is 8.08. The summed E-state index contributed by atoms with van der Waals surface area (Å²) in [6.07, 6.45) is 0. The van der Waals surface area contributed by atoms with Gasteiger partial charge in [-0.1, -0.05) is 121 Å². The summed E-state index contributed by atoms with van der Waals surface area (Å²) in [5, 5.41) is 2.94. The Morgan fingerprint density at radius 1 is 0.413 bits per heavy atom. The summed E-state index contributed by atoms with van der Waals surface area (Å²) in [5.74, 6) is 1.78. The lowest BCUT2D eigenvalue weighted by molar-refractivity contribution is 0.670. The van der Waals surface area contributed by atoms with Crippen LogP contribution in [0.15, 0.2) is 150 Å². The van der Waals surface area contributed by atoms with Gasteiger partial charge in [0.25, 0.3) is 0 Å². The first-order valence-corrected chi connectivity index (χ1v) is 15.9. The molecule has 0 aliphatic carbocycles. The summed E-state index contributed by atoms with van der Waals surface area (Å²) in [6, 6.07) is 49.2. The van der Waals surface area contributed by atoms with E-state index in [1.807, 2.05) is 84.9 Å². The molecule has 0 amide bonds. The third-order valence-electron chi connectivity index (χ3n) is 8.20. The summed E-state index contributed by atoms with van der Waals surface area (Å²) in [6.45, 7) is 0. The molecule has 6 heteroatoms. The molecule has 6 aromatic carbocycles. The Morgan fingerprint density at radius 2 is 1.00 bits per heavy atom. The minimum Gasteiger partial charge on any atom is -0.455 e. The first-order valence-electron chi connectivity index (χ1n) is 15.1. The molecule has 0 N–H and O–H groups in total. The van der Waals surface area contributed by atoms with Crippen molar-refractivity contribution in [2.45, 2.75) is 0 Å². The van der Waals surface area contributed by atoms with Gasteiger partial charge >= 0.3 is 0 Å². The largest absolute Gasteiger partial charge is 0.455 e. The summed E-state index contributed by atoms with van der Waals surface area (Å²) in [5.41, 5.74) is 8.32. The van der Waals surface area contributed by atoms with Crippen LogP contribution in [0.5, 0.6) is 0 Å². The van der Waals surface area contributed by atoms with Crippen LogP contribution in [-0.4, -0.2) is 19.9 Å². The van der Waals surface area contributed by atoms with Gasteiger partial charge in [-0.05, 0) is 35.4 Å². The van der Waals surface area contributed by atoms with E-state index in [1.54, 1.807) is 11.3 Å². The number of nitrogens with zero attached hydrogens (tertiary/aromatic N) is 4. The van der Waals surface area contributed by atoms with Crippen LogP contribution in [0.4, 0.5) is 0 Å². The van der Waals surface area contributed by atoms with Crippen molar-refractivity contribution in [2.75, 3.05) is 0 Å². The second-order valence-corrected chi connectivity index (χ2v) is 12.1. The molecule has 0 aliphatic heterocycles. The first kappa shape index (κ1) is 26.4. The lowest BCUT2D eigenvalue weighted by Gasteiger charge is -2.09. The molecule has 216 valence electrons. The fourth-order valence-corrected chi connectivity index (χ4v) is 7.04. The molecule has 0 fully saturated rings. The number of aromatic nitrogens is 4. The normalized spacial score (nSPS) is 11.5. The molecule has 0 saturated heterocycles. The molecule has 0 saturated carbocycles. The van der Waals surface area contributed by atoms with E-state index >= 15 is 0 Å². The van der Waals surface area contributed by atoms with Crippen LogP contribution in [0.1, 0.15) is 0 Å². The number of hydrogen-bond acceptors (Lipinski definition) is 6. The van der Waals surface area contributed by atoms with Crippen molar-refractivity contribution in [2.24, 2.45) is 0 Å². The zero-order chi connectivity index (χ0) is 30.5. The Bertz CT molecular complexity index is 2430. The summed E-state index contributed by atoms with van der Waals surface area (Å²) >= 11 is 1.68. The average Bonchev–Trinajstić information content (AvgIpc) is 3.74. The van der Waals surface area contributed by atoms with Crippen LogP contribution in [0, 0.1) is 0 Å². The molecule has 9 rings (SSSR count). The number of hydrogen-bond donors (Lipinski definition) is 0. The van der Waals surface area contributed by atoms with Crippen LogP contribution < -0.4 is 0 Å². The maximum absolute atomic E-state index is 6.94. The molecule has 0 radical (unpaired) electrons. The van der Waals surface area contributed by atoms with Gasteiger partial charge in [0.1, 0.15) is 16.2 Å². The molecule has 0 unspecified atom stereocenters. The van der Waals surface area contributed by atoms with Crippen molar-refractivity contribution in [3.8, 4) is 55.9 Å². The van der Waals surface area contributed by atoms with Gasteiger partial charge < -0.3 is 4.42 Å². The van der Waals surface area contributed by atoms with Gasteiger partial charge in [0.2, 0.25) is 0 Å². The molecule has 3 heterocycles. The number of para-hydroxylation sites is 2. The molecule has 0 atom stereocenters. The lowest BCUT2D eigenvalue weighted by atomic mass is 9.97. The van der Waals surface area contributed by atoms with Gasteiger partial charge in [-0.25, -0.2) is 19.9 Å². The Kier molecular flexibility index (Phi) is 6.25. The predicted molar refractivity (Wildman–Crippen MR) is 187 cm³/mol. The van der Waals surface area contributed by atoms with Crippen LogP contribution in [0.3, 0.4) is 0 Å². The smallest absolute Gasteiger partial charge is 0.167 e. The maximum Gasteiger partial charge on any atom is 0.167 e. The number of rotatable bonds is 5. The molecule has 5 nitrogen and oxygen atoms in total. The number of thiazole rings is 1. The Labute approximate surface area is 268 Å². The monoisotopic (exact) mass is 608 g/mol. The van der Waals surface area contributed by atoms with E-state index < -0.39 is 0 Å². The standard InChI is InChI=1S/C40H24N4OS/c1-4-13-25(14-5-1)28-23-24-30-29-19-12-20-31(35(29)45-36(30)34(28)40-41-32-21-10-11-22-33(32)46-40)39-43-37(26-15-6-2-7-16-26)42-38(44-39)27-17-8-3-9-18-27/h1-24H. The van der Waals surface area contributed by atoms with E-state index in [2.05, 4.69) is 60.7 Å². The number of benzene rings is 6. The van der Waals surface area contributed by atoms with Crippen molar-refractivity contribution in [1.29, 1.82) is 0 Å². The van der Waals surface area contributed by atoms with Crippen molar-refractivity contribution < 1.29 is 4.42 Å². The fourth-order valence-electron chi connectivity index (χ4n) is 6.02. The zero-order valence-corrected chi connectivity index (χ0v) is 25.3. The Balaban J connectivity index is 1.32. The molecular weight excluding hydrogens is 585 g/mol. The van der Waals surface area contributed by atoms with Gasteiger partial charge in [-0.15, -0.1) is 11.3 Å². The first-order chi connectivity index (χ1) is 22.8. The van der Waals surface area contributed by atoms with Crippen LogP contribution >= 0.6 is 11.3 Å². The van der Waals surface area contributed by atoms with E-state index in [4.69, 9.17) is 24.4 Å². The average molecular weight is 609 g/mol. The minimum atomic E-state index is 0.558. The third-order valence-corrected chi connectivity index (χ3v) is 9.25. The van der Waals surface area contributed by atoms with Gasteiger partial charge in [0, 0.05) is 21.9 Å². The van der Waals surface area contributed by atoms with Crippen LogP contribution in [-0.2, 0) is 0 Å². The van der Waals surface area contributed by atoms with E-state index in [-0.39, 0.29) is 0 Å². The van der Waals surface area contributed by atoms with Gasteiger partial charge in [-0.2, -0.15) is 0 Å². The van der Waals surface area contributed by atoms with Gasteiger partial charge in [0.15, 0.2) is 17.5 Å².